The summed E-state index contributed by atoms with van der Waals surface area (Å²) in [6, 6.07) is 6.44. The summed E-state index contributed by atoms with van der Waals surface area (Å²) in [6.07, 6.45) is 4.11. The van der Waals surface area contributed by atoms with Crippen LogP contribution in [-0.2, 0) is 11.2 Å². The van der Waals surface area contributed by atoms with E-state index in [9.17, 15) is 4.79 Å². The number of amides is 1. The third-order valence-electron chi connectivity index (χ3n) is 3.06. The standard InChI is InChI=1S/C13H19N3O/c1-10-8-12(5-7-14-10)16-13(17)9-11-4-2-3-6-15-11/h2-4,6,10,12,14H,5,7-9H2,1H3,(H,16,17). The summed E-state index contributed by atoms with van der Waals surface area (Å²) >= 11 is 0. The fourth-order valence-corrected chi connectivity index (χ4v) is 2.21. The lowest BCUT2D eigenvalue weighted by atomic mass is 10.0. The zero-order valence-corrected chi connectivity index (χ0v) is 10.1. The number of pyridine rings is 1. The Morgan fingerprint density at radius 3 is 3.18 bits per heavy atom. The minimum Gasteiger partial charge on any atom is -0.353 e. The lowest BCUT2D eigenvalue weighted by Gasteiger charge is -2.28. The molecule has 4 nitrogen and oxygen atoms in total. The molecule has 1 aliphatic rings. The van der Waals surface area contributed by atoms with Gasteiger partial charge in [-0.15, -0.1) is 0 Å². The largest absolute Gasteiger partial charge is 0.353 e. The third kappa shape index (κ3) is 3.82. The van der Waals surface area contributed by atoms with E-state index in [1.165, 1.54) is 0 Å². The van der Waals surface area contributed by atoms with Crippen LogP contribution in [0.4, 0.5) is 0 Å². The normalized spacial score (nSPS) is 24.3. The summed E-state index contributed by atoms with van der Waals surface area (Å²) in [5, 5.41) is 6.45. The van der Waals surface area contributed by atoms with E-state index >= 15 is 0 Å². The van der Waals surface area contributed by atoms with E-state index in [0.717, 1.165) is 25.1 Å². The first-order valence-corrected chi connectivity index (χ1v) is 6.16. The van der Waals surface area contributed by atoms with Crippen molar-refractivity contribution >= 4 is 5.91 Å². The number of piperidine rings is 1. The van der Waals surface area contributed by atoms with E-state index in [2.05, 4.69) is 22.5 Å². The molecule has 0 bridgehead atoms. The summed E-state index contributed by atoms with van der Waals surface area (Å²) in [6.45, 7) is 3.13. The van der Waals surface area contributed by atoms with Gasteiger partial charge in [0.25, 0.3) is 0 Å². The molecule has 2 rings (SSSR count). The van der Waals surface area contributed by atoms with E-state index in [4.69, 9.17) is 0 Å². The minimum atomic E-state index is 0.0720. The van der Waals surface area contributed by atoms with Gasteiger partial charge in [0, 0.05) is 24.0 Å². The number of nitrogens with one attached hydrogen (secondary N) is 2. The monoisotopic (exact) mass is 233 g/mol. The topological polar surface area (TPSA) is 54.0 Å². The molecular weight excluding hydrogens is 214 g/mol. The first kappa shape index (κ1) is 12.0. The molecule has 1 aromatic heterocycles. The number of carbonyl (C=O) groups is 1. The highest BCUT2D eigenvalue weighted by atomic mass is 16.1. The number of carbonyl (C=O) groups excluding carboxylic acids is 1. The van der Waals surface area contributed by atoms with Crippen molar-refractivity contribution in [3.63, 3.8) is 0 Å². The van der Waals surface area contributed by atoms with Crippen LogP contribution in [0.5, 0.6) is 0 Å². The molecule has 2 atom stereocenters. The van der Waals surface area contributed by atoms with Crippen molar-refractivity contribution in [2.45, 2.75) is 38.3 Å². The van der Waals surface area contributed by atoms with E-state index in [1.54, 1.807) is 6.20 Å². The van der Waals surface area contributed by atoms with Gasteiger partial charge in [0.2, 0.25) is 5.91 Å². The molecule has 1 saturated heterocycles. The maximum Gasteiger partial charge on any atom is 0.226 e. The maximum atomic E-state index is 11.8. The Morgan fingerprint density at radius 1 is 1.59 bits per heavy atom. The van der Waals surface area contributed by atoms with Gasteiger partial charge in [0.15, 0.2) is 0 Å². The predicted molar refractivity (Wildman–Crippen MR) is 66.6 cm³/mol. The maximum absolute atomic E-state index is 11.8. The van der Waals surface area contributed by atoms with Crippen molar-refractivity contribution in [2.24, 2.45) is 0 Å². The summed E-state index contributed by atoms with van der Waals surface area (Å²) in [5.74, 6) is 0.0720. The van der Waals surface area contributed by atoms with Gasteiger partial charge in [-0.25, -0.2) is 0 Å². The van der Waals surface area contributed by atoms with Crippen molar-refractivity contribution in [3.05, 3.63) is 30.1 Å². The molecule has 1 amide bonds. The van der Waals surface area contributed by atoms with Crippen LogP contribution in [0.25, 0.3) is 0 Å². The van der Waals surface area contributed by atoms with Crippen LogP contribution in [0, 0.1) is 0 Å². The molecule has 4 heteroatoms. The lowest BCUT2D eigenvalue weighted by Crippen LogP contribution is -2.47. The molecule has 92 valence electrons. The number of hydrogen-bond acceptors (Lipinski definition) is 3. The lowest BCUT2D eigenvalue weighted by molar-refractivity contribution is -0.121. The summed E-state index contributed by atoms with van der Waals surface area (Å²) in [7, 11) is 0. The molecule has 1 aliphatic heterocycles. The van der Waals surface area contributed by atoms with Crippen molar-refractivity contribution < 1.29 is 4.79 Å². The van der Waals surface area contributed by atoms with E-state index < -0.39 is 0 Å². The second-order valence-electron chi connectivity index (χ2n) is 4.64. The SMILES string of the molecule is CC1CC(NC(=O)Cc2ccccn2)CCN1. The van der Waals surface area contributed by atoms with Crippen LogP contribution in [-0.4, -0.2) is 29.5 Å². The highest BCUT2D eigenvalue weighted by Crippen LogP contribution is 2.08. The van der Waals surface area contributed by atoms with Gasteiger partial charge < -0.3 is 10.6 Å². The van der Waals surface area contributed by atoms with Crippen LogP contribution in [0.2, 0.25) is 0 Å². The summed E-state index contributed by atoms with van der Waals surface area (Å²) in [4.78, 5) is 16.0. The van der Waals surface area contributed by atoms with Gasteiger partial charge in [0.1, 0.15) is 0 Å². The van der Waals surface area contributed by atoms with Crippen LogP contribution in [0.1, 0.15) is 25.5 Å². The van der Waals surface area contributed by atoms with Crippen molar-refractivity contribution in [1.82, 2.24) is 15.6 Å². The smallest absolute Gasteiger partial charge is 0.226 e. The van der Waals surface area contributed by atoms with Crippen LogP contribution in [0.3, 0.4) is 0 Å². The van der Waals surface area contributed by atoms with Gasteiger partial charge in [-0.2, -0.15) is 0 Å². The molecule has 2 heterocycles. The van der Waals surface area contributed by atoms with Crippen molar-refractivity contribution in [1.29, 1.82) is 0 Å². The molecule has 0 aliphatic carbocycles. The summed E-state index contributed by atoms with van der Waals surface area (Å²) < 4.78 is 0. The van der Waals surface area contributed by atoms with E-state index in [-0.39, 0.29) is 5.91 Å². The molecule has 2 N–H and O–H groups in total. The average Bonchev–Trinajstić information content (AvgIpc) is 2.30. The third-order valence-corrected chi connectivity index (χ3v) is 3.06. The van der Waals surface area contributed by atoms with Crippen molar-refractivity contribution in [2.75, 3.05) is 6.54 Å². The van der Waals surface area contributed by atoms with Crippen LogP contribution >= 0.6 is 0 Å². The first-order valence-electron chi connectivity index (χ1n) is 6.16. The van der Waals surface area contributed by atoms with Crippen molar-refractivity contribution in [3.8, 4) is 0 Å². The van der Waals surface area contributed by atoms with E-state index in [1.807, 2.05) is 18.2 Å². The minimum absolute atomic E-state index is 0.0720. The Hall–Kier alpha value is -1.42. The van der Waals surface area contributed by atoms with Gasteiger partial charge >= 0.3 is 0 Å². The second kappa shape index (κ2) is 5.77. The molecule has 17 heavy (non-hydrogen) atoms. The summed E-state index contributed by atoms with van der Waals surface area (Å²) in [5.41, 5.74) is 0.826. The zero-order valence-electron chi connectivity index (χ0n) is 10.1. The number of aromatic nitrogens is 1. The molecular formula is C13H19N3O. The Kier molecular flexibility index (Phi) is 4.09. The molecule has 2 unspecified atom stereocenters. The first-order chi connectivity index (χ1) is 8.24. The van der Waals surface area contributed by atoms with E-state index in [0.29, 0.717) is 18.5 Å². The molecule has 0 saturated carbocycles. The molecule has 1 aromatic rings. The molecule has 0 spiro atoms. The predicted octanol–water partition coefficient (Wildman–Crippen LogP) is 0.881. The average molecular weight is 233 g/mol. The zero-order chi connectivity index (χ0) is 12.1. The van der Waals surface area contributed by atoms with Gasteiger partial charge in [0.05, 0.1) is 6.42 Å². The quantitative estimate of drug-likeness (QED) is 0.815. The Morgan fingerprint density at radius 2 is 2.47 bits per heavy atom. The molecule has 1 fully saturated rings. The Bertz CT molecular complexity index is 366. The number of hydrogen-bond donors (Lipinski definition) is 2. The fraction of sp³-hybridized carbons (Fsp3) is 0.538. The Labute approximate surface area is 102 Å². The molecule has 0 aromatic carbocycles. The highest BCUT2D eigenvalue weighted by Gasteiger charge is 2.19. The van der Waals surface area contributed by atoms with Crippen LogP contribution in [0.15, 0.2) is 24.4 Å². The fourth-order valence-electron chi connectivity index (χ4n) is 2.21. The second-order valence-corrected chi connectivity index (χ2v) is 4.64. The van der Waals surface area contributed by atoms with Gasteiger partial charge in [-0.05, 0) is 38.4 Å². The molecule has 0 radical (unpaired) electrons. The highest BCUT2D eigenvalue weighted by molar-refractivity contribution is 5.78. The van der Waals surface area contributed by atoms with Crippen LogP contribution < -0.4 is 10.6 Å². The number of nitrogens with zero attached hydrogens (tertiary/aromatic N) is 1. The van der Waals surface area contributed by atoms with Gasteiger partial charge in [-0.3, -0.25) is 9.78 Å². The van der Waals surface area contributed by atoms with Gasteiger partial charge in [-0.1, -0.05) is 6.07 Å². The number of rotatable bonds is 3. The Balaban J connectivity index is 1.81.